The Morgan fingerprint density at radius 3 is 2.50 bits per heavy atom. The molecule has 1 fully saturated rings. The Bertz CT molecular complexity index is 392. The maximum absolute atomic E-state index is 12.3. The Morgan fingerprint density at radius 1 is 1.44 bits per heavy atom. The van der Waals surface area contributed by atoms with Crippen molar-refractivity contribution in [3.63, 3.8) is 0 Å². The van der Waals surface area contributed by atoms with E-state index in [0.29, 0.717) is 5.92 Å². The minimum Gasteiger partial charge on any atom is -0.338 e. The van der Waals surface area contributed by atoms with Gasteiger partial charge in [-0.05, 0) is 50.8 Å². The highest BCUT2D eigenvalue weighted by Crippen LogP contribution is 2.24. The Kier molecular flexibility index (Phi) is 5.63. The van der Waals surface area contributed by atoms with Gasteiger partial charge in [-0.1, -0.05) is 0 Å². The third-order valence-corrected chi connectivity index (χ3v) is 4.75. The Balaban J connectivity index is 0.00000162. The summed E-state index contributed by atoms with van der Waals surface area (Å²) in [6.07, 6.45) is 2.09. The number of hydrogen-bond donors (Lipinski definition) is 1. The van der Waals surface area contributed by atoms with E-state index in [1.54, 1.807) is 11.3 Å². The Labute approximate surface area is 119 Å². The molecule has 0 bridgehead atoms. The number of piperidine rings is 1. The topological polar surface area (TPSA) is 46.3 Å². The molecule has 5 heteroatoms. The van der Waals surface area contributed by atoms with Gasteiger partial charge in [-0.15, -0.1) is 23.7 Å². The number of nitrogens with two attached hydrogens (primary N) is 1. The van der Waals surface area contributed by atoms with Crippen molar-refractivity contribution in [2.45, 2.75) is 26.7 Å². The van der Waals surface area contributed by atoms with E-state index in [-0.39, 0.29) is 18.3 Å². The minimum atomic E-state index is 0. The number of thiophene rings is 1. The van der Waals surface area contributed by atoms with Crippen molar-refractivity contribution < 1.29 is 4.79 Å². The first kappa shape index (κ1) is 15.5. The fraction of sp³-hybridized carbons (Fsp3) is 0.615. The molecule has 0 unspecified atom stereocenters. The van der Waals surface area contributed by atoms with E-state index in [0.717, 1.165) is 37.4 Å². The normalized spacial score (nSPS) is 16.5. The van der Waals surface area contributed by atoms with Crippen molar-refractivity contribution in [3.8, 4) is 0 Å². The number of carbonyl (C=O) groups excluding carboxylic acids is 1. The lowest BCUT2D eigenvalue weighted by Crippen LogP contribution is -2.39. The summed E-state index contributed by atoms with van der Waals surface area (Å²) in [7, 11) is 0. The molecule has 1 aliphatic rings. The van der Waals surface area contributed by atoms with Gasteiger partial charge >= 0.3 is 0 Å². The van der Waals surface area contributed by atoms with Crippen LogP contribution in [-0.2, 0) is 0 Å². The van der Waals surface area contributed by atoms with E-state index >= 15 is 0 Å². The first-order valence-electron chi connectivity index (χ1n) is 6.18. The molecule has 0 radical (unpaired) electrons. The van der Waals surface area contributed by atoms with Gasteiger partial charge in [0.1, 0.15) is 0 Å². The van der Waals surface area contributed by atoms with Gasteiger partial charge in [0.15, 0.2) is 0 Å². The fourth-order valence-electron chi connectivity index (χ4n) is 2.21. The number of amides is 1. The molecule has 18 heavy (non-hydrogen) atoms. The zero-order chi connectivity index (χ0) is 12.4. The Morgan fingerprint density at radius 2 is 2.06 bits per heavy atom. The summed E-state index contributed by atoms with van der Waals surface area (Å²) < 4.78 is 0. The van der Waals surface area contributed by atoms with Gasteiger partial charge < -0.3 is 10.6 Å². The van der Waals surface area contributed by atoms with Crippen molar-refractivity contribution in [1.82, 2.24) is 4.90 Å². The zero-order valence-corrected chi connectivity index (χ0v) is 12.6. The second-order valence-electron chi connectivity index (χ2n) is 4.82. The van der Waals surface area contributed by atoms with Gasteiger partial charge in [0.05, 0.1) is 4.88 Å². The molecular weight excluding hydrogens is 268 g/mol. The summed E-state index contributed by atoms with van der Waals surface area (Å²) in [4.78, 5) is 16.4. The average molecular weight is 289 g/mol. The van der Waals surface area contributed by atoms with Crippen LogP contribution in [0.3, 0.4) is 0 Å². The first-order chi connectivity index (χ1) is 8.11. The van der Waals surface area contributed by atoms with E-state index in [9.17, 15) is 4.79 Å². The van der Waals surface area contributed by atoms with Crippen LogP contribution in [0.2, 0.25) is 0 Å². The van der Waals surface area contributed by atoms with Gasteiger partial charge in [0.25, 0.3) is 5.91 Å². The SMILES string of the molecule is Cc1cc(C(=O)N2CCC(CN)CC2)sc1C.Cl. The molecule has 1 aliphatic heterocycles. The highest BCUT2D eigenvalue weighted by Gasteiger charge is 2.23. The first-order valence-corrected chi connectivity index (χ1v) is 7.00. The maximum atomic E-state index is 12.3. The third kappa shape index (κ3) is 3.25. The lowest BCUT2D eigenvalue weighted by atomic mass is 9.97. The third-order valence-electron chi connectivity index (χ3n) is 3.61. The quantitative estimate of drug-likeness (QED) is 0.909. The second-order valence-corrected chi connectivity index (χ2v) is 6.08. The summed E-state index contributed by atoms with van der Waals surface area (Å²) in [5.74, 6) is 0.799. The monoisotopic (exact) mass is 288 g/mol. The van der Waals surface area contributed by atoms with Crippen LogP contribution < -0.4 is 5.73 Å². The number of rotatable bonds is 2. The lowest BCUT2D eigenvalue weighted by Gasteiger charge is -2.31. The van der Waals surface area contributed by atoms with Crippen molar-refractivity contribution in [2.75, 3.05) is 19.6 Å². The molecule has 0 saturated carbocycles. The predicted molar refractivity (Wildman–Crippen MR) is 78.7 cm³/mol. The molecule has 1 saturated heterocycles. The van der Waals surface area contributed by atoms with Crippen LogP contribution in [0.1, 0.15) is 33.0 Å². The Hall–Kier alpha value is -0.580. The molecule has 2 heterocycles. The molecule has 0 spiro atoms. The number of carbonyl (C=O) groups is 1. The van der Waals surface area contributed by atoms with Crippen molar-refractivity contribution in [1.29, 1.82) is 0 Å². The number of nitrogens with zero attached hydrogens (tertiary/aromatic N) is 1. The van der Waals surface area contributed by atoms with Crippen LogP contribution in [-0.4, -0.2) is 30.4 Å². The smallest absolute Gasteiger partial charge is 0.263 e. The number of hydrogen-bond acceptors (Lipinski definition) is 3. The molecule has 0 aromatic carbocycles. The van der Waals surface area contributed by atoms with Gasteiger partial charge in [-0.2, -0.15) is 0 Å². The van der Waals surface area contributed by atoms with Crippen LogP contribution in [0.5, 0.6) is 0 Å². The minimum absolute atomic E-state index is 0. The van der Waals surface area contributed by atoms with Gasteiger partial charge in [0, 0.05) is 18.0 Å². The molecule has 3 nitrogen and oxygen atoms in total. The molecule has 102 valence electrons. The molecule has 0 atom stereocenters. The van der Waals surface area contributed by atoms with Crippen LogP contribution in [0.15, 0.2) is 6.07 Å². The largest absolute Gasteiger partial charge is 0.338 e. The van der Waals surface area contributed by atoms with Crippen molar-refractivity contribution >= 4 is 29.7 Å². The van der Waals surface area contributed by atoms with E-state index < -0.39 is 0 Å². The summed E-state index contributed by atoms with van der Waals surface area (Å²) in [6.45, 7) is 6.59. The molecule has 0 aliphatic carbocycles. The summed E-state index contributed by atoms with van der Waals surface area (Å²) in [5.41, 5.74) is 6.88. The molecule has 1 aromatic rings. The van der Waals surface area contributed by atoms with Crippen LogP contribution in [0.4, 0.5) is 0 Å². The van der Waals surface area contributed by atoms with E-state index in [1.807, 2.05) is 11.0 Å². The summed E-state index contributed by atoms with van der Waals surface area (Å²) in [6, 6.07) is 2.01. The lowest BCUT2D eigenvalue weighted by molar-refractivity contribution is 0.0698. The summed E-state index contributed by atoms with van der Waals surface area (Å²) in [5, 5.41) is 0. The molecule has 2 N–H and O–H groups in total. The van der Waals surface area contributed by atoms with Gasteiger partial charge in [-0.25, -0.2) is 0 Å². The fourth-order valence-corrected chi connectivity index (χ4v) is 3.21. The molecule has 2 rings (SSSR count). The van der Waals surface area contributed by atoms with Gasteiger partial charge in [-0.3, -0.25) is 4.79 Å². The number of aryl methyl sites for hydroxylation is 2. The van der Waals surface area contributed by atoms with Crippen LogP contribution >= 0.6 is 23.7 Å². The predicted octanol–water partition coefficient (Wildman–Crippen LogP) is 2.60. The van der Waals surface area contributed by atoms with Gasteiger partial charge in [0.2, 0.25) is 0 Å². The summed E-state index contributed by atoms with van der Waals surface area (Å²) >= 11 is 1.61. The number of halogens is 1. The molecule has 1 aromatic heterocycles. The average Bonchev–Trinajstić information content (AvgIpc) is 2.69. The maximum Gasteiger partial charge on any atom is 0.263 e. The van der Waals surface area contributed by atoms with Crippen molar-refractivity contribution in [3.05, 3.63) is 21.4 Å². The van der Waals surface area contributed by atoms with E-state index in [2.05, 4.69) is 13.8 Å². The standard InChI is InChI=1S/C13H20N2OS.ClH/c1-9-7-12(17-10(9)2)13(16)15-5-3-11(8-14)4-6-15;/h7,11H,3-6,8,14H2,1-2H3;1H. The van der Waals surface area contributed by atoms with Crippen LogP contribution in [0, 0.1) is 19.8 Å². The molecular formula is C13H21ClN2OS. The molecule has 1 amide bonds. The highest BCUT2D eigenvalue weighted by atomic mass is 35.5. The van der Waals surface area contributed by atoms with Crippen LogP contribution in [0.25, 0.3) is 0 Å². The number of likely N-dealkylation sites (tertiary alicyclic amines) is 1. The zero-order valence-electron chi connectivity index (χ0n) is 10.9. The van der Waals surface area contributed by atoms with E-state index in [4.69, 9.17) is 5.73 Å². The van der Waals surface area contributed by atoms with E-state index in [1.165, 1.54) is 10.4 Å². The second kappa shape index (κ2) is 6.55. The highest BCUT2D eigenvalue weighted by molar-refractivity contribution is 7.14. The van der Waals surface area contributed by atoms with Crippen molar-refractivity contribution in [2.24, 2.45) is 11.7 Å².